The molecular weight excluding hydrogens is 964 g/mol. The van der Waals surface area contributed by atoms with Gasteiger partial charge in [0.1, 0.15) is 0 Å². The zero-order chi connectivity index (χ0) is 52.9. The number of benzene rings is 10. The van der Waals surface area contributed by atoms with Crippen LogP contribution in [0.25, 0.3) is 86.3 Å². The van der Waals surface area contributed by atoms with Gasteiger partial charge in [0.25, 0.3) is 6.71 Å². The van der Waals surface area contributed by atoms with Gasteiger partial charge in [-0.15, -0.1) is 11.3 Å². The van der Waals surface area contributed by atoms with Crippen molar-refractivity contribution in [1.82, 2.24) is 9.13 Å². The summed E-state index contributed by atoms with van der Waals surface area (Å²) in [5.74, 6) is 0. The van der Waals surface area contributed by atoms with Gasteiger partial charge in [0, 0.05) is 70.2 Å². The van der Waals surface area contributed by atoms with Crippen LogP contribution in [-0.4, -0.2) is 15.8 Å². The van der Waals surface area contributed by atoms with Crippen molar-refractivity contribution in [3.63, 3.8) is 0 Å². The fourth-order valence-corrected chi connectivity index (χ4v) is 14.9. The Labute approximate surface area is 460 Å². The maximum atomic E-state index is 2.64. The second-order valence-electron chi connectivity index (χ2n) is 25.4. The zero-order valence-electron chi connectivity index (χ0n) is 45.7. The molecule has 16 rings (SSSR count). The predicted molar refractivity (Wildman–Crippen MR) is 337 cm³/mol. The Hall–Kier alpha value is -8.32. The molecule has 0 saturated carbocycles. The van der Waals surface area contributed by atoms with E-state index < -0.39 is 0 Å². The molecule has 3 aliphatic heterocycles. The number of anilines is 6. The van der Waals surface area contributed by atoms with Crippen LogP contribution in [0.5, 0.6) is 0 Å². The van der Waals surface area contributed by atoms with E-state index in [1.807, 2.05) is 11.3 Å². The van der Waals surface area contributed by atoms with Gasteiger partial charge in [0.05, 0.1) is 39.1 Å². The van der Waals surface area contributed by atoms with E-state index >= 15 is 0 Å². The minimum atomic E-state index is -0.155. The topological polar surface area (TPSA) is 16.3 Å². The highest BCUT2D eigenvalue weighted by molar-refractivity contribution is 7.26. The molecule has 4 nitrogen and oxygen atoms in total. The molecule has 0 saturated heterocycles. The first-order valence-corrected chi connectivity index (χ1v) is 28.6. The van der Waals surface area contributed by atoms with Crippen LogP contribution in [0.3, 0.4) is 0 Å². The molecule has 0 N–H and O–H groups in total. The Morgan fingerprint density at radius 2 is 0.962 bits per heavy atom. The Morgan fingerprint density at radius 3 is 1.68 bits per heavy atom. The molecule has 3 aliphatic rings. The first-order valence-electron chi connectivity index (χ1n) is 27.8. The van der Waals surface area contributed by atoms with Crippen molar-refractivity contribution in [3.8, 4) is 22.5 Å². The Morgan fingerprint density at radius 1 is 0.372 bits per heavy atom. The lowest BCUT2D eigenvalue weighted by Gasteiger charge is -2.47. The summed E-state index contributed by atoms with van der Waals surface area (Å²) in [6, 6.07) is 75.0. The van der Waals surface area contributed by atoms with Gasteiger partial charge in [-0.25, -0.2) is 0 Å². The van der Waals surface area contributed by atoms with Crippen LogP contribution in [0.1, 0.15) is 79.0 Å². The van der Waals surface area contributed by atoms with Crippen molar-refractivity contribution in [2.75, 3.05) is 9.80 Å². The molecule has 0 spiro atoms. The minimum Gasteiger partial charge on any atom is -0.311 e. The minimum absolute atomic E-state index is 0.00300. The number of rotatable bonds is 3. The van der Waals surface area contributed by atoms with Crippen molar-refractivity contribution in [3.05, 3.63) is 211 Å². The molecule has 6 heteroatoms. The summed E-state index contributed by atoms with van der Waals surface area (Å²) in [6.07, 6.45) is 0. The monoisotopic (exact) mass is 1020 g/mol. The summed E-state index contributed by atoms with van der Waals surface area (Å²) >= 11 is 1.88. The quantitative estimate of drug-likeness (QED) is 0.164. The van der Waals surface area contributed by atoms with Crippen molar-refractivity contribution < 1.29 is 0 Å². The Balaban J connectivity index is 0.988. The van der Waals surface area contributed by atoms with E-state index in [-0.39, 0.29) is 23.0 Å². The standard InChI is InChI=1S/C72H59BN4S/c1-70(2,3)43-29-35-57-52(37-43)53-38-44(71(4,5)6)30-36-58(53)75(57)47-33-34-54-61(41-47)74(46-31-27-42(28-32-46)48-19-15-26-65-66(48)51-18-11-13-25-64(51)78-65)62-39-45(72(7,8)9)40-63-67(62)73(54)55-21-16-24-60-69(55)77(63)59-23-14-20-50-49-17-10-12-22-56(49)76(60)68(50)59/h10-41H,1-9H3. The van der Waals surface area contributed by atoms with Gasteiger partial charge in [-0.1, -0.05) is 165 Å². The first kappa shape index (κ1) is 45.8. The zero-order valence-corrected chi connectivity index (χ0v) is 46.6. The molecule has 0 amide bonds. The van der Waals surface area contributed by atoms with Crippen LogP contribution in [0.4, 0.5) is 34.1 Å². The highest BCUT2D eigenvalue weighted by atomic mass is 32.1. The van der Waals surface area contributed by atoms with E-state index in [9.17, 15) is 0 Å². The normalized spacial score (nSPS) is 13.9. The number of fused-ring (bicyclic) bond motifs is 15. The van der Waals surface area contributed by atoms with Crippen molar-refractivity contribution in [1.29, 1.82) is 0 Å². The van der Waals surface area contributed by atoms with Gasteiger partial charge in [-0.2, -0.15) is 0 Å². The van der Waals surface area contributed by atoms with Crippen molar-refractivity contribution in [2.24, 2.45) is 0 Å². The van der Waals surface area contributed by atoms with Gasteiger partial charge >= 0.3 is 0 Å². The van der Waals surface area contributed by atoms with Crippen molar-refractivity contribution >= 4 is 132 Å². The number of thiophene rings is 1. The summed E-state index contributed by atoms with van der Waals surface area (Å²) in [6.45, 7) is 21.0. The van der Waals surface area contributed by atoms with Crippen LogP contribution < -0.4 is 26.2 Å². The van der Waals surface area contributed by atoms with Crippen LogP contribution in [0.2, 0.25) is 0 Å². The molecule has 3 aromatic heterocycles. The van der Waals surface area contributed by atoms with E-state index in [1.165, 1.54) is 142 Å². The Kier molecular flexibility index (Phi) is 9.21. The van der Waals surface area contributed by atoms with E-state index in [0.717, 1.165) is 11.4 Å². The largest absolute Gasteiger partial charge is 0.311 e. The maximum Gasteiger partial charge on any atom is 0.252 e. The van der Waals surface area contributed by atoms with E-state index in [4.69, 9.17) is 0 Å². The SMILES string of the molecule is CC(C)(C)c1cc2c3c(c1)N1c4c(cccc4-n4c5ccccc5c5cccc1c54)B3c1ccc(-n3c4ccc(C(C)(C)C)cc4c4cc(C(C)(C)C)ccc43)cc1N2c1ccc(-c2cccc3sc4ccccc4c23)cc1. The molecule has 376 valence electrons. The molecule has 0 aliphatic carbocycles. The molecule has 0 atom stereocenters. The Bertz CT molecular complexity index is 4690. The summed E-state index contributed by atoms with van der Waals surface area (Å²) in [5, 5.41) is 7.80. The highest BCUT2D eigenvalue weighted by Crippen LogP contribution is 2.54. The molecular formula is C72H59BN4S. The molecule has 0 unspecified atom stereocenters. The molecule has 0 bridgehead atoms. The molecule has 0 fully saturated rings. The summed E-state index contributed by atoms with van der Waals surface area (Å²) < 4.78 is 7.73. The third-order valence-corrected chi connectivity index (χ3v) is 18.8. The van der Waals surface area contributed by atoms with Crippen LogP contribution in [0.15, 0.2) is 194 Å². The maximum absolute atomic E-state index is 2.64. The molecule has 13 aromatic rings. The average molecular weight is 1020 g/mol. The summed E-state index contributed by atoms with van der Waals surface area (Å²) in [4.78, 5) is 5.26. The van der Waals surface area contributed by atoms with E-state index in [2.05, 4.69) is 275 Å². The molecule has 0 radical (unpaired) electrons. The number of hydrogen-bond donors (Lipinski definition) is 0. The summed E-state index contributed by atoms with van der Waals surface area (Å²) in [7, 11) is 0. The lowest BCUT2D eigenvalue weighted by molar-refractivity contribution is 0.590. The number of nitrogens with zero attached hydrogens (tertiary/aromatic N) is 4. The first-order chi connectivity index (χ1) is 37.6. The smallest absolute Gasteiger partial charge is 0.252 e. The van der Waals surface area contributed by atoms with Crippen LogP contribution in [0, 0.1) is 0 Å². The average Bonchev–Trinajstić information content (AvgIpc) is 3.37. The molecule has 78 heavy (non-hydrogen) atoms. The fraction of sp³-hybridized carbons (Fsp3) is 0.167. The molecule has 10 aromatic carbocycles. The van der Waals surface area contributed by atoms with Crippen molar-refractivity contribution in [2.45, 2.75) is 78.6 Å². The number of hydrogen-bond acceptors (Lipinski definition) is 3. The van der Waals surface area contributed by atoms with E-state index in [1.54, 1.807) is 0 Å². The third-order valence-electron chi connectivity index (χ3n) is 17.7. The third kappa shape index (κ3) is 6.29. The highest BCUT2D eigenvalue weighted by Gasteiger charge is 2.47. The lowest BCUT2D eigenvalue weighted by Crippen LogP contribution is -2.62. The van der Waals surface area contributed by atoms with Crippen LogP contribution in [-0.2, 0) is 16.2 Å². The predicted octanol–water partition coefficient (Wildman–Crippen LogP) is 18.2. The van der Waals surface area contributed by atoms with Gasteiger partial charge in [-0.05, 0) is 151 Å². The summed E-state index contributed by atoms with van der Waals surface area (Å²) in [5.41, 5.74) is 24.9. The van der Waals surface area contributed by atoms with Gasteiger partial charge in [0.15, 0.2) is 0 Å². The van der Waals surface area contributed by atoms with Gasteiger partial charge < -0.3 is 18.9 Å². The second-order valence-corrected chi connectivity index (χ2v) is 26.5. The second kappa shape index (κ2) is 15.7. The van der Waals surface area contributed by atoms with Crippen LogP contribution >= 0.6 is 11.3 Å². The fourth-order valence-electron chi connectivity index (χ4n) is 13.8. The van der Waals surface area contributed by atoms with Gasteiger partial charge in [-0.3, -0.25) is 0 Å². The lowest BCUT2D eigenvalue weighted by atomic mass is 9.33. The number of aromatic nitrogens is 2. The number of para-hydroxylation sites is 3. The van der Waals surface area contributed by atoms with Gasteiger partial charge in [0.2, 0.25) is 0 Å². The molecule has 6 heterocycles. The van der Waals surface area contributed by atoms with E-state index in [0.29, 0.717) is 0 Å².